The highest BCUT2D eigenvalue weighted by Gasteiger charge is 2.08. The van der Waals surface area contributed by atoms with Crippen LogP contribution in [0.2, 0.25) is 0 Å². The van der Waals surface area contributed by atoms with Gasteiger partial charge in [-0.3, -0.25) is 0 Å². The Morgan fingerprint density at radius 2 is 1.79 bits per heavy atom. The zero-order valence-corrected chi connectivity index (χ0v) is 10.2. The van der Waals surface area contributed by atoms with Crippen molar-refractivity contribution in [3.8, 4) is 28.6 Å². The largest absolute Gasteiger partial charge is 0.508 e. The Hall–Kier alpha value is -2.69. The smallest absolute Gasteiger partial charge is 0.138 e. The number of aromatic hydroxyl groups is 2. The second kappa shape index (κ2) is 4.20. The summed E-state index contributed by atoms with van der Waals surface area (Å²) in [5, 5.41) is 19.0. The Morgan fingerprint density at radius 1 is 1.05 bits per heavy atom. The first-order valence-electron chi connectivity index (χ1n) is 5.73. The fourth-order valence-corrected chi connectivity index (χ4v) is 1.98. The topological polar surface area (TPSA) is 78.4 Å². The number of methoxy groups -OCH3 is 1. The molecule has 96 valence electrons. The fraction of sp³-hybridized carbons (Fsp3) is 0.0714. The number of ether oxygens (including phenoxy) is 1. The Bertz CT molecular complexity index is 729. The summed E-state index contributed by atoms with van der Waals surface area (Å²) < 4.78 is 5.15. The molecule has 3 N–H and O–H groups in total. The normalized spacial score (nSPS) is 10.8. The van der Waals surface area contributed by atoms with Gasteiger partial charge in [-0.1, -0.05) is 0 Å². The molecule has 5 nitrogen and oxygen atoms in total. The first kappa shape index (κ1) is 11.4. The maximum atomic E-state index is 9.49. The second-order valence-electron chi connectivity index (χ2n) is 4.21. The van der Waals surface area contributed by atoms with Crippen molar-refractivity contribution in [2.45, 2.75) is 0 Å². The van der Waals surface area contributed by atoms with Crippen molar-refractivity contribution in [3.63, 3.8) is 0 Å². The summed E-state index contributed by atoms with van der Waals surface area (Å²) in [7, 11) is 1.60. The van der Waals surface area contributed by atoms with E-state index in [2.05, 4.69) is 9.97 Å². The minimum Gasteiger partial charge on any atom is -0.508 e. The van der Waals surface area contributed by atoms with Gasteiger partial charge in [0.25, 0.3) is 0 Å². The lowest BCUT2D eigenvalue weighted by Gasteiger charge is -1.99. The van der Waals surface area contributed by atoms with Crippen LogP contribution in [-0.4, -0.2) is 27.3 Å². The maximum absolute atomic E-state index is 9.49. The molecule has 0 amide bonds. The molecule has 3 rings (SSSR count). The number of rotatable bonds is 2. The van der Waals surface area contributed by atoms with Crippen molar-refractivity contribution in [2.24, 2.45) is 0 Å². The number of fused-ring (bicyclic) bond motifs is 1. The molecule has 0 unspecified atom stereocenters. The first-order valence-corrected chi connectivity index (χ1v) is 5.73. The molecule has 3 aromatic rings. The molecular weight excluding hydrogens is 244 g/mol. The van der Waals surface area contributed by atoms with Crippen molar-refractivity contribution in [1.29, 1.82) is 0 Å². The lowest BCUT2D eigenvalue weighted by atomic mass is 10.2. The van der Waals surface area contributed by atoms with Crippen LogP contribution in [0.15, 0.2) is 36.4 Å². The lowest BCUT2D eigenvalue weighted by Crippen LogP contribution is -1.81. The number of hydrogen-bond acceptors (Lipinski definition) is 4. The zero-order valence-electron chi connectivity index (χ0n) is 10.2. The number of hydrogen-bond donors (Lipinski definition) is 3. The number of nitrogens with one attached hydrogen (secondary N) is 1. The van der Waals surface area contributed by atoms with E-state index in [-0.39, 0.29) is 11.5 Å². The number of benzene rings is 2. The van der Waals surface area contributed by atoms with Crippen molar-refractivity contribution < 1.29 is 14.9 Å². The average molecular weight is 256 g/mol. The third-order valence-electron chi connectivity index (χ3n) is 2.87. The lowest BCUT2D eigenvalue weighted by molar-refractivity contribution is 0.415. The van der Waals surface area contributed by atoms with Gasteiger partial charge >= 0.3 is 0 Å². The van der Waals surface area contributed by atoms with Crippen LogP contribution >= 0.6 is 0 Å². The molecule has 0 bridgehead atoms. The van der Waals surface area contributed by atoms with Crippen LogP contribution in [0, 0.1) is 0 Å². The minimum absolute atomic E-state index is 0.00645. The molecule has 2 aromatic carbocycles. The summed E-state index contributed by atoms with van der Waals surface area (Å²) >= 11 is 0. The molecule has 5 heteroatoms. The van der Waals surface area contributed by atoms with E-state index in [9.17, 15) is 10.2 Å². The number of aromatic nitrogens is 2. The highest BCUT2D eigenvalue weighted by molar-refractivity contribution is 5.81. The maximum Gasteiger partial charge on any atom is 0.138 e. The fourth-order valence-electron chi connectivity index (χ4n) is 1.98. The van der Waals surface area contributed by atoms with E-state index in [0.29, 0.717) is 11.4 Å². The Balaban J connectivity index is 2.14. The SMILES string of the molecule is COc1ccc2nc(-c3cc(O)cc(O)c3)[nH]c2c1. The van der Waals surface area contributed by atoms with Gasteiger partial charge in [0, 0.05) is 17.7 Å². The number of H-pyrrole nitrogens is 1. The minimum atomic E-state index is -0.00645. The molecule has 0 radical (unpaired) electrons. The van der Waals surface area contributed by atoms with Gasteiger partial charge in [0.2, 0.25) is 0 Å². The Labute approximate surface area is 109 Å². The summed E-state index contributed by atoms with van der Waals surface area (Å²) in [6.07, 6.45) is 0. The number of phenols is 2. The van der Waals surface area contributed by atoms with Gasteiger partial charge in [-0.2, -0.15) is 0 Å². The van der Waals surface area contributed by atoms with E-state index in [1.807, 2.05) is 18.2 Å². The van der Waals surface area contributed by atoms with Crippen molar-refractivity contribution in [3.05, 3.63) is 36.4 Å². The van der Waals surface area contributed by atoms with Gasteiger partial charge < -0.3 is 19.9 Å². The summed E-state index contributed by atoms with van der Waals surface area (Å²) in [5.41, 5.74) is 2.24. The first-order chi connectivity index (χ1) is 9.15. The number of imidazole rings is 1. The van der Waals surface area contributed by atoms with Crippen LogP contribution in [0.1, 0.15) is 0 Å². The van der Waals surface area contributed by atoms with Gasteiger partial charge in [-0.25, -0.2) is 4.98 Å². The van der Waals surface area contributed by atoms with E-state index >= 15 is 0 Å². The van der Waals surface area contributed by atoms with Crippen LogP contribution in [0.25, 0.3) is 22.4 Å². The summed E-state index contributed by atoms with van der Waals surface area (Å²) in [4.78, 5) is 7.53. The van der Waals surface area contributed by atoms with E-state index in [4.69, 9.17) is 4.74 Å². The van der Waals surface area contributed by atoms with Crippen molar-refractivity contribution >= 4 is 11.0 Å². The predicted molar refractivity (Wildman–Crippen MR) is 71.4 cm³/mol. The highest BCUT2D eigenvalue weighted by atomic mass is 16.5. The van der Waals surface area contributed by atoms with Crippen molar-refractivity contribution in [2.75, 3.05) is 7.11 Å². The van der Waals surface area contributed by atoms with E-state index < -0.39 is 0 Å². The number of nitrogens with zero attached hydrogens (tertiary/aromatic N) is 1. The van der Waals surface area contributed by atoms with E-state index in [0.717, 1.165) is 16.8 Å². The molecular formula is C14H12N2O3. The van der Waals surface area contributed by atoms with Crippen LogP contribution in [-0.2, 0) is 0 Å². The van der Waals surface area contributed by atoms with Crippen LogP contribution in [0.4, 0.5) is 0 Å². The standard InChI is InChI=1S/C14H12N2O3/c1-19-11-2-3-12-13(7-11)16-14(15-12)8-4-9(17)6-10(18)5-8/h2-7,17-18H,1H3,(H,15,16). The predicted octanol–water partition coefficient (Wildman–Crippen LogP) is 2.65. The number of aromatic amines is 1. The molecule has 0 saturated carbocycles. The molecule has 0 aliphatic heterocycles. The molecule has 1 heterocycles. The van der Waals surface area contributed by atoms with Crippen LogP contribution in [0.3, 0.4) is 0 Å². The Kier molecular flexibility index (Phi) is 2.52. The van der Waals surface area contributed by atoms with Crippen LogP contribution < -0.4 is 4.74 Å². The third-order valence-corrected chi connectivity index (χ3v) is 2.87. The van der Waals surface area contributed by atoms with Gasteiger partial charge in [0.15, 0.2) is 0 Å². The highest BCUT2D eigenvalue weighted by Crippen LogP contribution is 2.29. The van der Waals surface area contributed by atoms with Gasteiger partial charge in [0.1, 0.15) is 23.1 Å². The molecule has 1 aromatic heterocycles. The average Bonchev–Trinajstić information content (AvgIpc) is 2.80. The molecule has 0 aliphatic rings. The van der Waals surface area contributed by atoms with Gasteiger partial charge in [-0.05, 0) is 24.3 Å². The van der Waals surface area contributed by atoms with Crippen molar-refractivity contribution in [1.82, 2.24) is 9.97 Å². The summed E-state index contributed by atoms with van der Waals surface area (Å²) in [5.74, 6) is 1.30. The monoisotopic (exact) mass is 256 g/mol. The van der Waals surface area contributed by atoms with Crippen LogP contribution in [0.5, 0.6) is 17.2 Å². The van der Waals surface area contributed by atoms with E-state index in [1.54, 1.807) is 7.11 Å². The third kappa shape index (κ3) is 2.06. The quantitative estimate of drug-likeness (QED) is 0.658. The molecule has 19 heavy (non-hydrogen) atoms. The molecule has 0 aliphatic carbocycles. The number of phenolic OH excluding ortho intramolecular Hbond substituents is 2. The van der Waals surface area contributed by atoms with Gasteiger partial charge in [-0.15, -0.1) is 0 Å². The Morgan fingerprint density at radius 3 is 2.47 bits per heavy atom. The van der Waals surface area contributed by atoms with E-state index in [1.165, 1.54) is 18.2 Å². The summed E-state index contributed by atoms with van der Waals surface area (Å²) in [6, 6.07) is 9.86. The summed E-state index contributed by atoms with van der Waals surface area (Å²) in [6.45, 7) is 0. The van der Waals surface area contributed by atoms with Gasteiger partial charge in [0.05, 0.1) is 18.1 Å². The molecule has 0 fully saturated rings. The zero-order chi connectivity index (χ0) is 13.4. The molecule has 0 spiro atoms. The second-order valence-corrected chi connectivity index (χ2v) is 4.21. The molecule has 0 atom stereocenters. The molecule has 0 saturated heterocycles.